The molecule has 1 aliphatic rings. The molecule has 0 radical (unpaired) electrons. The van der Waals surface area contributed by atoms with Gasteiger partial charge in [0.05, 0.1) is 23.7 Å². The van der Waals surface area contributed by atoms with Crippen molar-refractivity contribution in [2.24, 2.45) is 5.92 Å². The molecule has 5 atom stereocenters. The molecule has 6 aromatic carbocycles. The molecule has 7 rings (SSSR count). The number of thioether (sulfide) groups is 1. The van der Waals surface area contributed by atoms with Gasteiger partial charge in [0.2, 0.25) is 21.8 Å². The fourth-order valence-electron chi connectivity index (χ4n) is 7.34. The Hall–Kier alpha value is -5.60. The molecule has 62 heavy (non-hydrogen) atoms. The van der Waals surface area contributed by atoms with Crippen LogP contribution in [0, 0.1) is 12.8 Å². The van der Waals surface area contributed by atoms with Crippen molar-refractivity contribution in [2.45, 2.75) is 74.7 Å². The molecule has 0 bridgehead atoms. The van der Waals surface area contributed by atoms with Crippen LogP contribution in [-0.2, 0) is 48.7 Å². The summed E-state index contributed by atoms with van der Waals surface area (Å²) in [6.45, 7) is 5.67. The van der Waals surface area contributed by atoms with Gasteiger partial charge in [-0.1, -0.05) is 122 Å². The lowest BCUT2D eigenvalue weighted by atomic mass is 9.91. The summed E-state index contributed by atoms with van der Waals surface area (Å²) in [5, 5.41) is 15.4. The molecule has 0 aliphatic carbocycles. The van der Waals surface area contributed by atoms with E-state index in [0.717, 1.165) is 55.1 Å². The molecule has 0 saturated carbocycles. The van der Waals surface area contributed by atoms with Gasteiger partial charge in [-0.05, 0) is 89.2 Å². The van der Waals surface area contributed by atoms with Gasteiger partial charge in [0.25, 0.3) is 0 Å². The third kappa shape index (κ3) is 11.6. The quantitative estimate of drug-likeness (QED) is 0.0707. The van der Waals surface area contributed by atoms with Crippen molar-refractivity contribution in [1.82, 2.24) is 10.0 Å². The highest BCUT2D eigenvalue weighted by Gasteiger charge is 2.38. The lowest BCUT2D eigenvalue weighted by molar-refractivity contribution is -0.268. The molecule has 1 saturated heterocycles. The normalized spacial score (nSPS) is 18.1. The lowest BCUT2D eigenvalue weighted by Crippen LogP contribution is -2.47. The Balaban J connectivity index is 1.04. The number of hydrogen-bond donors (Lipinski definition) is 4. The van der Waals surface area contributed by atoms with Crippen LogP contribution in [0.5, 0.6) is 0 Å². The Bertz CT molecular complexity index is 2540. The summed E-state index contributed by atoms with van der Waals surface area (Å²) in [4.78, 5) is 26.3. The molecule has 0 spiro atoms. The summed E-state index contributed by atoms with van der Waals surface area (Å²) >= 11 is 1.69. The Morgan fingerprint density at radius 2 is 1.42 bits per heavy atom. The van der Waals surface area contributed by atoms with Crippen molar-refractivity contribution >= 4 is 39.3 Å². The number of nitrogens with one attached hydrogen (secondary N) is 3. The Morgan fingerprint density at radius 1 is 0.742 bits per heavy atom. The van der Waals surface area contributed by atoms with Crippen LogP contribution >= 0.6 is 11.8 Å². The number of aliphatic hydroxyl groups is 1. The van der Waals surface area contributed by atoms with Crippen LogP contribution in [0.3, 0.4) is 0 Å². The van der Waals surface area contributed by atoms with Gasteiger partial charge < -0.3 is 25.2 Å². The highest BCUT2D eigenvalue weighted by atomic mass is 32.2. The zero-order valence-corrected chi connectivity index (χ0v) is 36.5. The van der Waals surface area contributed by atoms with Crippen LogP contribution in [0.4, 0.5) is 5.69 Å². The summed E-state index contributed by atoms with van der Waals surface area (Å²) < 4.78 is 42.8. The van der Waals surface area contributed by atoms with Crippen molar-refractivity contribution < 1.29 is 32.6 Å². The topological polar surface area (TPSA) is 143 Å². The maximum absolute atomic E-state index is 13.7. The van der Waals surface area contributed by atoms with Gasteiger partial charge in [0.15, 0.2) is 6.29 Å². The van der Waals surface area contributed by atoms with Crippen molar-refractivity contribution in [3.8, 4) is 11.1 Å². The largest absolute Gasteiger partial charge is 0.392 e. The standard InChI is InChI=1S/C50H51N3O7S2/c1-33-12-26-45(27-13-33)62(57,58)53-46(29-36-8-5-4-6-9-36)49(56)51-30-38-10-7-11-42(28-38)39-18-20-41(21-19-39)50-59-47(32-61-44-24-22-43(23-25-44)52-35(3)55)34(2)48(60-50)40-16-14-37(31-54)15-17-40/h4-28,34,46-48,50,53-54H,29-32H2,1-3H3,(H,51,56)(H,52,55). The van der Waals surface area contributed by atoms with E-state index >= 15 is 0 Å². The zero-order chi connectivity index (χ0) is 43.6. The van der Waals surface area contributed by atoms with E-state index in [2.05, 4.69) is 22.3 Å². The van der Waals surface area contributed by atoms with Gasteiger partial charge >= 0.3 is 0 Å². The fraction of sp³-hybridized carbons (Fsp3) is 0.240. The Labute approximate surface area is 368 Å². The number of sulfonamides is 1. The number of benzene rings is 6. The molecular formula is C50H51N3O7S2. The van der Waals surface area contributed by atoms with Crippen molar-refractivity contribution in [2.75, 3.05) is 11.1 Å². The molecule has 1 aliphatic heterocycles. The van der Waals surface area contributed by atoms with Crippen molar-refractivity contribution in [3.63, 3.8) is 0 Å². The number of carbonyl (C=O) groups is 2. The molecule has 6 aromatic rings. The molecular weight excluding hydrogens is 819 g/mol. The minimum absolute atomic E-state index is 0.0156. The van der Waals surface area contributed by atoms with Crippen molar-refractivity contribution in [1.29, 1.82) is 0 Å². The highest BCUT2D eigenvalue weighted by Crippen LogP contribution is 2.43. The first kappa shape index (κ1) is 44.5. The zero-order valence-electron chi connectivity index (χ0n) is 34.9. The number of anilines is 1. The molecule has 12 heteroatoms. The summed E-state index contributed by atoms with van der Waals surface area (Å²) in [6, 6.07) is 46.4. The monoisotopic (exact) mass is 869 g/mol. The van der Waals surface area contributed by atoms with Crippen LogP contribution in [0.15, 0.2) is 161 Å². The number of carbonyl (C=O) groups excluding carboxylic acids is 2. The smallest absolute Gasteiger partial charge is 0.241 e. The molecule has 1 fully saturated rings. The van der Waals surface area contributed by atoms with Gasteiger partial charge in [-0.2, -0.15) is 4.72 Å². The van der Waals surface area contributed by atoms with Crippen molar-refractivity contribution in [3.05, 3.63) is 185 Å². The number of hydrogen-bond acceptors (Lipinski definition) is 8. The highest BCUT2D eigenvalue weighted by molar-refractivity contribution is 7.99. The summed E-state index contributed by atoms with van der Waals surface area (Å²) in [7, 11) is -3.97. The average molecular weight is 870 g/mol. The average Bonchev–Trinajstić information content (AvgIpc) is 3.28. The van der Waals surface area contributed by atoms with Gasteiger partial charge in [-0.25, -0.2) is 8.42 Å². The van der Waals surface area contributed by atoms with E-state index in [4.69, 9.17) is 9.47 Å². The molecule has 320 valence electrons. The Morgan fingerprint density at radius 3 is 2.10 bits per heavy atom. The van der Waals surface area contributed by atoms with E-state index in [-0.39, 0.29) is 48.5 Å². The van der Waals surface area contributed by atoms with Crippen LogP contribution in [0.2, 0.25) is 0 Å². The maximum Gasteiger partial charge on any atom is 0.241 e. The van der Waals surface area contributed by atoms with E-state index in [9.17, 15) is 23.1 Å². The molecule has 4 N–H and O–H groups in total. The SMILES string of the molecule is CC(=O)Nc1ccc(SCC2OC(c3ccc(-c4cccc(CNC(=O)C(Cc5ccccc5)NS(=O)(=O)c5ccc(C)cc5)c4)cc3)OC(c3ccc(CO)cc3)C2C)cc1. The third-order valence-corrected chi connectivity index (χ3v) is 13.4. The predicted molar refractivity (Wildman–Crippen MR) is 244 cm³/mol. The van der Waals surface area contributed by atoms with Gasteiger partial charge in [0, 0.05) is 41.3 Å². The van der Waals surface area contributed by atoms with E-state index in [1.165, 1.54) is 19.1 Å². The van der Waals surface area contributed by atoms with E-state index in [0.29, 0.717) is 5.75 Å². The summed E-state index contributed by atoms with van der Waals surface area (Å²) in [5.74, 6) is 0.149. The number of rotatable bonds is 16. The second kappa shape index (κ2) is 20.5. The van der Waals surface area contributed by atoms with Crippen LogP contribution < -0.4 is 15.4 Å². The lowest BCUT2D eigenvalue weighted by Gasteiger charge is -2.41. The molecule has 0 aromatic heterocycles. The molecule has 10 nitrogen and oxygen atoms in total. The van der Waals surface area contributed by atoms with Gasteiger partial charge in [0.1, 0.15) is 6.04 Å². The summed E-state index contributed by atoms with van der Waals surface area (Å²) in [5.41, 5.74) is 7.98. The van der Waals surface area contributed by atoms with Crippen LogP contribution in [-0.4, -0.2) is 43.2 Å². The first-order valence-corrected chi connectivity index (χ1v) is 23.0. The number of aliphatic hydroxyl groups excluding tert-OH is 1. The van der Waals surface area contributed by atoms with E-state index in [1.807, 2.05) is 134 Å². The first-order valence-electron chi connectivity index (χ1n) is 20.5. The fourth-order valence-corrected chi connectivity index (χ4v) is 9.61. The third-order valence-electron chi connectivity index (χ3n) is 10.9. The molecule has 1 heterocycles. The minimum atomic E-state index is -3.97. The Kier molecular flexibility index (Phi) is 14.7. The maximum atomic E-state index is 13.7. The van der Waals surface area contributed by atoms with Crippen LogP contribution in [0.25, 0.3) is 11.1 Å². The summed E-state index contributed by atoms with van der Waals surface area (Å²) in [6.07, 6.45) is -0.869. The number of ether oxygens (including phenoxy) is 2. The van der Waals surface area contributed by atoms with Gasteiger partial charge in [-0.15, -0.1) is 11.8 Å². The van der Waals surface area contributed by atoms with Crippen LogP contribution in [0.1, 0.15) is 59.6 Å². The second-order valence-corrected chi connectivity index (χ2v) is 18.4. The van der Waals surface area contributed by atoms with Gasteiger partial charge in [-0.3, -0.25) is 9.59 Å². The van der Waals surface area contributed by atoms with E-state index < -0.39 is 28.3 Å². The minimum Gasteiger partial charge on any atom is -0.392 e. The molecule has 5 unspecified atom stereocenters. The molecule has 2 amide bonds. The first-order chi connectivity index (χ1) is 29.9. The second-order valence-electron chi connectivity index (χ2n) is 15.6. The number of amides is 2. The number of aryl methyl sites for hydroxylation is 1. The predicted octanol–water partition coefficient (Wildman–Crippen LogP) is 8.90. The van der Waals surface area contributed by atoms with E-state index in [1.54, 1.807) is 23.9 Å².